The third kappa shape index (κ3) is 4.48. The summed E-state index contributed by atoms with van der Waals surface area (Å²) < 4.78 is 12.8. The number of piperidine rings is 1. The van der Waals surface area contributed by atoms with Gasteiger partial charge < -0.3 is 5.73 Å². The zero-order valence-electron chi connectivity index (χ0n) is 11.5. The van der Waals surface area contributed by atoms with Gasteiger partial charge in [0.25, 0.3) is 0 Å². The Bertz CT molecular complexity index is 380. The highest BCUT2D eigenvalue weighted by atomic mass is 32.2. The van der Waals surface area contributed by atoms with Crippen LogP contribution in [0, 0.1) is 5.82 Å². The molecule has 1 aliphatic rings. The maximum atomic E-state index is 12.8. The topological polar surface area (TPSA) is 29.3 Å². The highest BCUT2D eigenvalue weighted by Gasteiger charge is 2.24. The van der Waals surface area contributed by atoms with Gasteiger partial charge in [-0.25, -0.2) is 4.39 Å². The van der Waals surface area contributed by atoms with E-state index >= 15 is 0 Å². The monoisotopic (exact) mass is 282 g/mol. The van der Waals surface area contributed by atoms with Crippen molar-refractivity contribution in [1.29, 1.82) is 0 Å². The lowest BCUT2D eigenvalue weighted by Gasteiger charge is -2.37. The molecule has 19 heavy (non-hydrogen) atoms. The van der Waals surface area contributed by atoms with E-state index in [-0.39, 0.29) is 11.9 Å². The van der Waals surface area contributed by atoms with Crippen LogP contribution in [0.2, 0.25) is 0 Å². The van der Waals surface area contributed by atoms with Crippen LogP contribution < -0.4 is 5.73 Å². The molecule has 0 radical (unpaired) electrons. The molecule has 1 fully saturated rings. The average molecular weight is 282 g/mol. The normalized spacial score (nSPS) is 22.4. The molecule has 1 aliphatic heterocycles. The maximum Gasteiger partial charge on any atom is 0.123 e. The molecular formula is C15H23FN2S. The first-order valence-electron chi connectivity index (χ1n) is 7.05. The van der Waals surface area contributed by atoms with Crippen molar-refractivity contribution in [2.75, 3.05) is 18.8 Å². The SMILES string of the molecule is CC(N)C1CCCCN1CCSc1ccc(F)cc1. The number of hydrogen-bond donors (Lipinski definition) is 1. The van der Waals surface area contributed by atoms with Gasteiger partial charge in [0.15, 0.2) is 0 Å². The summed E-state index contributed by atoms with van der Waals surface area (Å²) in [7, 11) is 0. The van der Waals surface area contributed by atoms with E-state index in [9.17, 15) is 4.39 Å². The Morgan fingerprint density at radius 2 is 2.11 bits per heavy atom. The third-order valence-electron chi connectivity index (χ3n) is 3.73. The molecule has 106 valence electrons. The van der Waals surface area contributed by atoms with Crippen molar-refractivity contribution in [2.45, 2.75) is 43.2 Å². The molecular weight excluding hydrogens is 259 g/mol. The van der Waals surface area contributed by atoms with Crippen LogP contribution in [0.25, 0.3) is 0 Å². The minimum Gasteiger partial charge on any atom is -0.327 e. The van der Waals surface area contributed by atoms with Gasteiger partial charge in [-0.05, 0) is 50.6 Å². The van der Waals surface area contributed by atoms with E-state index in [0.717, 1.165) is 23.7 Å². The first kappa shape index (κ1) is 14.8. The molecule has 2 N–H and O–H groups in total. The summed E-state index contributed by atoms with van der Waals surface area (Å²) in [5.74, 6) is 0.867. The lowest BCUT2D eigenvalue weighted by Crippen LogP contribution is -2.49. The van der Waals surface area contributed by atoms with Crippen LogP contribution in [0.3, 0.4) is 0 Å². The molecule has 0 saturated carbocycles. The Hall–Kier alpha value is -0.580. The van der Waals surface area contributed by atoms with Crippen LogP contribution in [0.4, 0.5) is 4.39 Å². The minimum atomic E-state index is -0.169. The summed E-state index contributed by atoms with van der Waals surface area (Å²) in [4.78, 5) is 3.65. The van der Waals surface area contributed by atoms with Gasteiger partial charge in [-0.2, -0.15) is 0 Å². The second-order valence-corrected chi connectivity index (χ2v) is 6.43. The van der Waals surface area contributed by atoms with Gasteiger partial charge in [0.2, 0.25) is 0 Å². The predicted octanol–water partition coefficient (Wildman–Crippen LogP) is 3.12. The van der Waals surface area contributed by atoms with E-state index in [1.165, 1.54) is 31.4 Å². The summed E-state index contributed by atoms with van der Waals surface area (Å²) in [6.45, 7) is 4.33. The number of likely N-dealkylation sites (tertiary alicyclic amines) is 1. The molecule has 1 heterocycles. The van der Waals surface area contributed by atoms with Crippen LogP contribution in [0.5, 0.6) is 0 Å². The van der Waals surface area contributed by atoms with Crippen LogP contribution in [0.1, 0.15) is 26.2 Å². The van der Waals surface area contributed by atoms with Gasteiger partial charge in [-0.1, -0.05) is 6.42 Å². The molecule has 0 aromatic heterocycles. The number of halogens is 1. The molecule has 2 atom stereocenters. The first-order chi connectivity index (χ1) is 9.16. The molecule has 2 nitrogen and oxygen atoms in total. The van der Waals surface area contributed by atoms with E-state index in [2.05, 4.69) is 11.8 Å². The standard InChI is InChI=1S/C15H23FN2S/c1-12(17)15-4-2-3-9-18(15)10-11-19-14-7-5-13(16)6-8-14/h5-8,12,15H,2-4,9-11,17H2,1H3. The molecule has 0 spiro atoms. The second-order valence-electron chi connectivity index (χ2n) is 5.26. The van der Waals surface area contributed by atoms with Gasteiger partial charge in [-0.3, -0.25) is 4.90 Å². The van der Waals surface area contributed by atoms with E-state index in [1.807, 2.05) is 12.1 Å². The highest BCUT2D eigenvalue weighted by Crippen LogP contribution is 2.22. The lowest BCUT2D eigenvalue weighted by atomic mass is 9.97. The summed E-state index contributed by atoms with van der Waals surface area (Å²) in [5.41, 5.74) is 6.07. The van der Waals surface area contributed by atoms with Crippen molar-refractivity contribution in [3.8, 4) is 0 Å². The van der Waals surface area contributed by atoms with Crippen LogP contribution >= 0.6 is 11.8 Å². The minimum absolute atomic E-state index is 0.169. The van der Waals surface area contributed by atoms with E-state index in [4.69, 9.17) is 5.73 Å². The molecule has 2 rings (SSSR count). The third-order valence-corrected chi connectivity index (χ3v) is 4.72. The summed E-state index contributed by atoms with van der Waals surface area (Å²) in [5, 5.41) is 0. The number of hydrogen-bond acceptors (Lipinski definition) is 3. The van der Waals surface area contributed by atoms with E-state index < -0.39 is 0 Å². The van der Waals surface area contributed by atoms with Crippen LogP contribution in [-0.4, -0.2) is 35.8 Å². The van der Waals surface area contributed by atoms with E-state index in [0.29, 0.717) is 6.04 Å². The average Bonchev–Trinajstić information content (AvgIpc) is 2.41. The molecule has 0 amide bonds. The molecule has 1 aromatic rings. The molecule has 0 bridgehead atoms. The quantitative estimate of drug-likeness (QED) is 0.841. The molecule has 4 heteroatoms. The summed E-state index contributed by atoms with van der Waals surface area (Å²) in [6.07, 6.45) is 3.80. The summed E-state index contributed by atoms with van der Waals surface area (Å²) >= 11 is 1.79. The Kier molecular flexibility index (Phi) is 5.67. The van der Waals surface area contributed by atoms with Crippen molar-refractivity contribution < 1.29 is 4.39 Å². The van der Waals surface area contributed by atoms with Crippen molar-refractivity contribution in [1.82, 2.24) is 4.90 Å². The smallest absolute Gasteiger partial charge is 0.123 e. The number of nitrogens with zero attached hydrogens (tertiary/aromatic N) is 1. The van der Waals surface area contributed by atoms with Crippen molar-refractivity contribution in [2.24, 2.45) is 5.73 Å². The van der Waals surface area contributed by atoms with Crippen LogP contribution in [0.15, 0.2) is 29.2 Å². The maximum absolute atomic E-state index is 12.8. The van der Waals surface area contributed by atoms with Gasteiger partial charge >= 0.3 is 0 Å². The fourth-order valence-corrected chi connectivity index (χ4v) is 3.59. The van der Waals surface area contributed by atoms with Gasteiger partial charge in [0.1, 0.15) is 5.82 Å². The van der Waals surface area contributed by atoms with Gasteiger partial charge in [0, 0.05) is 29.3 Å². The van der Waals surface area contributed by atoms with Crippen molar-refractivity contribution in [3.05, 3.63) is 30.1 Å². The second kappa shape index (κ2) is 7.27. The first-order valence-corrected chi connectivity index (χ1v) is 8.03. The fourth-order valence-electron chi connectivity index (χ4n) is 2.70. The Labute approximate surface area is 119 Å². The number of thioether (sulfide) groups is 1. The van der Waals surface area contributed by atoms with Crippen molar-refractivity contribution >= 4 is 11.8 Å². The molecule has 2 unspecified atom stereocenters. The fraction of sp³-hybridized carbons (Fsp3) is 0.600. The number of benzene rings is 1. The molecule has 1 saturated heterocycles. The summed E-state index contributed by atoms with van der Waals surface area (Å²) in [6, 6.07) is 7.51. The lowest BCUT2D eigenvalue weighted by molar-refractivity contribution is 0.139. The Morgan fingerprint density at radius 3 is 2.79 bits per heavy atom. The zero-order chi connectivity index (χ0) is 13.7. The van der Waals surface area contributed by atoms with E-state index in [1.54, 1.807) is 11.8 Å². The molecule has 1 aromatic carbocycles. The number of rotatable bonds is 5. The number of nitrogens with two attached hydrogens (primary N) is 1. The van der Waals surface area contributed by atoms with Crippen molar-refractivity contribution in [3.63, 3.8) is 0 Å². The zero-order valence-corrected chi connectivity index (χ0v) is 12.3. The van der Waals surface area contributed by atoms with Crippen LogP contribution in [-0.2, 0) is 0 Å². The largest absolute Gasteiger partial charge is 0.327 e. The predicted molar refractivity (Wildman–Crippen MR) is 80.0 cm³/mol. The van der Waals surface area contributed by atoms with Gasteiger partial charge in [-0.15, -0.1) is 11.8 Å². The Balaban J connectivity index is 1.79. The highest BCUT2D eigenvalue weighted by molar-refractivity contribution is 7.99. The molecule has 0 aliphatic carbocycles. The Morgan fingerprint density at radius 1 is 1.37 bits per heavy atom. The van der Waals surface area contributed by atoms with Gasteiger partial charge in [0.05, 0.1) is 0 Å².